The molecule has 1 fully saturated rings. The van der Waals surface area contributed by atoms with Gasteiger partial charge in [0.1, 0.15) is 5.82 Å². The molecule has 6 heteroatoms. The number of β-amino-alcohol motifs (C(OH)–C–C–N with tert-alkyl or cyclic N) is 1. The zero-order valence-corrected chi connectivity index (χ0v) is 16.4. The van der Waals surface area contributed by atoms with Crippen LogP contribution in [0.25, 0.3) is 22.6 Å². The van der Waals surface area contributed by atoms with E-state index in [1.165, 1.54) is 11.6 Å². The second kappa shape index (κ2) is 9.13. The summed E-state index contributed by atoms with van der Waals surface area (Å²) in [5, 5.41) is 9.06. The van der Waals surface area contributed by atoms with Gasteiger partial charge in [-0.1, -0.05) is 54.6 Å². The molecule has 6 nitrogen and oxygen atoms in total. The summed E-state index contributed by atoms with van der Waals surface area (Å²) in [4.78, 5) is 24.4. The lowest BCUT2D eigenvalue weighted by molar-refractivity contribution is 0.108. The van der Waals surface area contributed by atoms with Gasteiger partial charge in [-0.05, 0) is 5.56 Å². The Hall–Kier alpha value is -2.80. The summed E-state index contributed by atoms with van der Waals surface area (Å²) < 4.78 is 0. The number of aliphatic hydroxyl groups excluding tert-OH is 1. The number of nitrogens with zero attached hydrogens (tertiary/aromatic N) is 3. The summed E-state index contributed by atoms with van der Waals surface area (Å²) in [6.45, 7) is 5.90. The maximum atomic E-state index is 12.1. The highest BCUT2D eigenvalue weighted by Gasteiger charge is 2.16. The lowest BCUT2D eigenvalue weighted by Gasteiger charge is -2.34. The quantitative estimate of drug-likeness (QED) is 0.675. The van der Waals surface area contributed by atoms with E-state index in [0.717, 1.165) is 50.4 Å². The van der Waals surface area contributed by atoms with Gasteiger partial charge in [-0.25, -0.2) is 4.98 Å². The van der Waals surface area contributed by atoms with Crippen LogP contribution in [-0.4, -0.2) is 64.2 Å². The maximum absolute atomic E-state index is 12.1. The fourth-order valence-electron chi connectivity index (χ4n) is 3.69. The van der Waals surface area contributed by atoms with Crippen LogP contribution in [0.3, 0.4) is 0 Å². The number of aromatic nitrogens is 2. The topological polar surface area (TPSA) is 72.5 Å². The van der Waals surface area contributed by atoms with Crippen LogP contribution in [0, 0.1) is 0 Å². The highest BCUT2D eigenvalue weighted by Crippen LogP contribution is 2.20. The summed E-state index contributed by atoms with van der Waals surface area (Å²) in [7, 11) is 0. The molecule has 3 aromatic rings. The third-order valence-corrected chi connectivity index (χ3v) is 5.33. The molecule has 0 aliphatic carbocycles. The largest absolute Gasteiger partial charge is 0.395 e. The Morgan fingerprint density at radius 3 is 2.28 bits per heavy atom. The van der Waals surface area contributed by atoms with Crippen molar-refractivity contribution in [3.63, 3.8) is 0 Å². The molecule has 1 aliphatic heterocycles. The number of H-pyrrole nitrogens is 1. The minimum absolute atomic E-state index is 0.154. The number of hydrogen-bond donors (Lipinski definition) is 2. The van der Waals surface area contributed by atoms with Gasteiger partial charge in [0.05, 0.1) is 12.3 Å². The zero-order valence-electron chi connectivity index (χ0n) is 16.4. The normalized spacial score (nSPS) is 15.5. The Bertz CT molecular complexity index is 978. The molecule has 1 saturated heterocycles. The zero-order chi connectivity index (χ0) is 20.1. The van der Waals surface area contributed by atoms with Crippen molar-refractivity contribution >= 4 is 0 Å². The van der Waals surface area contributed by atoms with Crippen LogP contribution < -0.4 is 5.56 Å². The van der Waals surface area contributed by atoms with E-state index in [4.69, 9.17) is 5.11 Å². The molecule has 2 heterocycles. The first kappa shape index (κ1) is 19.5. The number of piperazine rings is 1. The van der Waals surface area contributed by atoms with E-state index in [1.807, 2.05) is 42.5 Å². The molecule has 2 N–H and O–H groups in total. The number of rotatable bonds is 6. The van der Waals surface area contributed by atoms with Crippen molar-refractivity contribution in [1.82, 2.24) is 19.8 Å². The number of hydrogen-bond acceptors (Lipinski definition) is 5. The lowest BCUT2D eigenvalue weighted by Crippen LogP contribution is -2.46. The summed E-state index contributed by atoms with van der Waals surface area (Å²) in [6, 6.07) is 19.5. The van der Waals surface area contributed by atoms with Crippen molar-refractivity contribution in [2.24, 2.45) is 0 Å². The third-order valence-electron chi connectivity index (χ3n) is 5.33. The monoisotopic (exact) mass is 390 g/mol. The molecule has 0 amide bonds. The Morgan fingerprint density at radius 1 is 0.897 bits per heavy atom. The molecule has 0 saturated carbocycles. The summed E-state index contributed by atoms with van der Waals surface area (Å²) in [5.41, 5.74) is 3.59. The van der Waals surface area contributed by atoms with Crippen LogP contribution in [-0.2, 0) is 6.54 Å². The first-order valence-corrected chi connectivity index (χ1v) is 10.0. The second-order valence-corrected chi connectivity index (χ2v) is 7.38. The van der Waals surface area contributed by atoms with Gasteiger partial charge in [0.25, 0.3) is 5.56 Å². The first-order valence-electron chi connectivity index (χ1n) is 10.0. The van der Waals surface area contributed by atoms with E-state index < -0.39 is 0 Å². The van der Waals surface area contributed by atoms with Gasteiger partial charge in [0.15, 0.2) is 0 Å². The molecule has 1 aliphatic rings. The van der Waals surface area contributed by atoms with Crippen LogP contribution in [0.15, 0.2) is 65.5 Å². The predicted molar refractivity (Wildman–Crippen MR) is 115 cm³/mol. The van der Waals surface area contributed by atoms with E-state index in [9.17, 15) is 4.79 Å². The van der Waals surface area contributed by atoms with Crippen LogP contribution in [0.2, 0.25) is 0 Å². The highest BCUT2D eigenvalue weighted by molar-refractivity contribution is 5.63. The van der Waals surface area contributed by atoms with Crippen LogP contribution in [0.1, 0.15) is 5.56 Å². The summed E-state index contributed by atoms with van der Waals surface area (Å²) in [6.07, 6.45) is 0. The molecule has 1 aromatic heterocycles. The van der Waals surface area contributed by atoms with E-state index in [2.05, 4.69) is 31.9 Å². The smallest absolute Gasteiger partial charge is 0.251 e. The average molecular weight is 390 g/mol. The fourth-order valence-corrected chi connectivity index (χ4v) is 3.69. The predicted octanol–water partition coefficient (Wildman–Crippen LogP) is 2.21. The molecule has 2 aromatic carbocycles. The number of aliphatic hydroxyl groups is 1. The molecular weight excluding hydrogens is 364 g/mol. The van der Waals surface area contributed by atoms with Crippen molar-refractivity contribution in [2.45, 2.75) is 6.54 Å². The number of benzene rings is 2. The molecule has 150 valence electrons. The summed E-state index contributed by atoms with van der Waals surface area (Å²) in [5.74, 6) is 0.584. The fraction of sp³-hybridized carbons (Fsp3) is 0.304. The molecule has 29 heavy (non-hydrogen) atoms. The maximum Gasteiger partial charge on any atom is 0.251 e. The van der Waals surface area contributed by atoms with Crippen LogP contribution in [0.4, 0.5) is 0 Å². The number of nitrogens with one attached hydrogen (secondary N) is 1. The van der Waals surface area contributed by atoms with Gasteiger partial charge >= 0.3 is 0 Å². The molecular formula is C23H26N4O2. The Labute approximate surface area is 170 Å². The van der Waals surface area contributed by atoms with Gasteiger partial charge in [0.2, 0.25) is 0 Å². The lowest BCUT2D eigenvalue weighted by atomic mass is 10.1. The highest BCUT2D eigenvalue weighted by atomic mass is 16.3. The first-order chi connectivity index (χ1) is 14.2. The van der Waals surface area contributed by atoms with Crippen molar-refractivity contribution < 1.29 is 5.11 Å². The number of aromatic amines is 1. The van der Waals surface area contributed by atoms with E-state index in [-0.39, 0.29) is 12.2 Å². The van der Waals surface area contributed by atoms with Gasteiger partial charge in [-0.2, -0.15) is 0 Å². The molecule has 0 unspecified atom stereocenters. The molecule has 4 rings (SSSR count). The molecule has 0 atom stereocenters. The Morgan fingerprint density at radius 2 is 1.59 bits per heavy atom. The Kier molecular flexibility index (Phi) is 6.14. The van der Waals surface area contributed by atoms with Crippen molar-refractivity contribution in [2.75, 3.05) is 39.3 Å². The second-order valence-electron chi connectivity index (χ2n) is 7.38. The van der Waals surface area contributed by atoms with E-state index in [0.29, 0.717) is 11.5 Å². The van der Waals surface area contributed by atoms with E-state index in [1.54, 1.807) is 0 Å². The molecule has 0 spiro atoms. The molecule has 0 radical (unpaired) electrons. The van der Waals surface area contributed by atoms with Crippen LogP contribution >= 0.6 is 0 Å². The van der Waals surface area contributed by atoms with Gasteiger partial charge < -0.3 is 10.1 Å². The average Bonchev–Trinajstić information content (AvgIpc) is 2.76. The van der Waals surface area contributed by atoms with Crippen molar-refractivity contribution in [1.29, 1.82) is 0 Å². The van der Waals surface area contributed by atoms with Gasteiger partial charge in [-0.15, -0.1) is 0 Å². The molecule has 0 bridgehead atoms. The standard InChI is InChI=1S/C23H26N4O2/c28-15-14-26-10-12-27(13-11-26)17-18-6-8-20(9-7-18)23-24-21(16-22(29)25-23)19-4-2-1-3-5-19/h1-9,16,28H,10-15,17H2,(H,24,25,29). The van der Waals surface area contributed by atoms with Gasteiger partial charge in [0, 0.05) is 56.5 Å². The van der Waals surface area contributed by atoms with Crippen molar-refractivity contribution in [3.05, 3.63) is 76.6 Å². The minimum atomic E-state index is -0.154. The third kappa shape index (κ3) is 4.98. The van der Waals surface area contributed by atoms with Crippen LogP contribution in [0.5, 0.6) is 0 Å². The minimum Gasteiger partial charge on any atom is -0.395 e. The SMILES string of the molecule is O=c1cc(-c2ccccc2)nc(-c2ccc(CN3CCN(CCO)CC3)cc2)[nH]1. The van der Waals surface area contributed by atoms with Crippen molar-refractivity contribution in [3.8, 4) is 22.6 Å². The summed E-state index contributed by atoms with van der Waals surface area (Å²) >= 11 is 0. The van der Waals surface area contributed by atoms with E-state index >= 15 is 0 Å². The van der Waals surface area contributed by atoms with Gasteiger partial charge in [-0.3, -0.25) is 14.6 Å². The Balaban J connectivity index is 1.46.